The largest absolute Gasteiger partial charge is 0.493 e. The number of hydrogen-bond acceptors (Lipinski definition) is 5. The topological polar surface area (TPSA) is 49.7 Å². The Bertz CT molecular complexity index is 1040. The average Bonchev–Trinajstić information content (AvgIpc) is 3.35. The van der Waals surface area contributed by atoms with Crippen molar-refractivity contribution >= 4 is 33.2 Å². The molecule has 0 spiro atoms. The molecule has 7 heteroatoms. The molecular weight excluding hydrogens is 442 g/mol. The number of ether oxygens (including phenoxy) is 3. The Labute approximate surface area is 176 Å². The van der Waals surface area contributed by atoms with Gasteiger partial charge in [-0.2, -0.15) is 0 Å². The molecule has 2 aromatic heterocycles. The van der Waals surface area contributed by atoms with Crippen LogP contribution in [-0.2, 0) is 17.7 Å². The lowest BCUT2D eigenvalue weighted by Gasteiger charge is -2.25. The van der Waals surface area contributed by atoms with Crippen molar-refractivity contribution in [3.8, 4) is 33.2 Å². The van der Waals surface area contributed by atoms with Crippen LogP contribution in [0.5, 0.6) is 11.5 Å². The van der Waals surface area contributed by atoms with E-state index in [-0.39, 0.29) is 5.97 Å². The molecule has 0 fully saturated rings. The van der Waals surface area contributed by atoms with Gasteiger partial charge in [0.2, 0.25) is 0 Å². The zero-order valence-corrected chi connectivity index (χ0v) is 18.3. The summed E-state index contributed by atoms with van der Waals surface area (Å²) >= 11 is 5.35. The molecule has 4 rings (SSSR count). The second-order valence-electron chi connectivity index (χ2n) is 6.34. The lowest BCUT2D eigenvalue weighted by molar-refractivity contribution is 0.0514. The SMILES string of the molecule is CCOC(=O)c1cc(-c2cccs2)c2n1CCc1c-2cc(OC)c(OC)c1Br. The molecule has 0 unspecified atom stereocenters. The molecule has 3 heterocycles. The highest BCUT2D eigenvalue weighted by Gasteiger charge is 2.30. The highest BCUT2D eigenvalue weighted by Crippen LogP contribution is 2.49. The Morgan fingerprint density at radius 3 is 2.71 bits per heavy atom. The first-order valence-corrected chi connectivity index (χ1v) is 10.7. The summed E-state index contributed by atoms with van der Waals surface area (Å²) in [6.07, 6.45) is 0.772. The van der Waals surface area contributed by atoms with Gasteiger partial charge in [0.05, 0.1) is 31.0 Å². The smallest absolute Gasteiger partial charge is 0.354 e. The summed E-state index contributed by atoms with van der Waals surface area (Å²) < 4.78 is 19.4. The van der Waals surface area contributed by atoms with E-state index in [0.717, 1.165) is 38.2 Å². The first-order valence-electron chi connectivity index (χ1n) is 8.98. The van der Waals surface area contributed by atoms with Crippen molar-refractivity contribution in [2.75, 3.05) is 20.8 Å². The summed E-state index contributed by atoms with van der Waals surface area (Å²) in [5.41, 5.74) is 4.80. The highest BCUT2D eigenvalue weighted by atomic mass is 79.9. The van der Waals surface area contributed by atoms with Crippen LogP contribution in [0.4, 0.5) is 0 Å². The fourth-order valence-electron chi connectivity index (χ4n) is 3.73. The van der Waals surface area contributed by atoms with Crippen molar-refractivity contribution in [3.05, 3.63) is 45.4 Å². The van der Waals surface area contributed by atoms with Gasteiger partial charge in [-0.15, -0.1) is 11.3 Å². The third-order valence-corrected chi connectivity index (χ3v) is 6.66. The van der Waals surface area contributed by atoms with Crippen LogP contribution in [0.1, 0.15) is 23.0 Å². The monoisotopic (exact) mass is 461 g/mol. The van der Waals surface area contributed by atoms with Crippen molar-refractivity contribution in [2.24, 2.45) is 0 Å². The van der Waals surface area contributed by atoms with Crippen LogP contribution in [0.2, 0.25) is 0 Å². The van der Waals surface area contributed by atoms with Crippen LogP contribution in [0.3, 0.4) is 0 Å². The number of thiophene rings is 1. The Morgan fingerprint density at radius 1 is 1.25 bits per heavy atom. The van der Waals surface area contributed by atoms with E-state index in [1.807, 2.05) is 30.5 Å². The van der Waals surface area contributed by atoms with Crippen LogP contribution >= 0.6 is 27.3 Å². The molecule has 28 heavy (non-hydrogen) atoms. The van der Waals surface area contributed by atoms with E-state index in [1.165, 1.54) is 0 Å². The van der Waals surface area contributed by atoms with Gasteiger partial charge in [0.25, 0.3) is 0 Å². The molecule has 0 amide bonds. The van der Waals surface area contributed by atoms with Crippen LogP contribution in [0, 0.1) is 0 Å². The van der Waals surface area contributed by atoms with Gasteiger partial charge in [0.1, 0.15) is 5.69 Å². The number of fused-ring (bicyclic) bond motifs is 3. The van der Waals surface area contributed by atoms with E-state index in [9.17, 15) is 4.79 Å². The van der Waals surface area contributed by atoms with Crippen LogP contribution in [0.25, 0.3) is 21.7 Å². The maximum atomic E-state index is 12.6. The van der Waals surface area contributed by atoms with Gasteiger partial charge in [0.15, 0.2) is 11.5 Å². The minimum Gasteiger partial charge on any atom is -0.493 e. The molecule has 0 bridgehead atoms. The van der Waals surface area contributed by atoms with E-state index in [0.29, 0.717) is 30.3 Å². The second kappa shape index (κ2) is 7.64. The molecule has 5 nitrogen and oxygen atoms in total. The summed E-state index contributed by atoms with van der Waals surface area (Å²) in [7, 11) is 3.26. The zero-order chi connectivity index (χ0) is 19.8. The number of hydrogen-bond donors (Lipinski definition) is 0. The number of carbonyl (C=O) groups is 1. The van der Waals surface area contributed by atoms with E-state index in [2.05, 4.69) is 26.6 Å². The minimum atomic E-state index is -0.297. The van der Waals surface area contributed by atoms with E-state index in [4.69, 9.17) is 14.2 Å². The third-order valence-electron chi connectivity index (χ3n) is 4.92. The molecule has 0 atom stereocenters. The summed E-state index contributed by atoms with van der Waals surface area (Å²) in [6, 6.07) is 8.02. The van der Waals surface area contributed by atoms with Crippen molar-refractivity contribution < 1.29 is 19.0 Å². The zero-order valence-electron chi connectivity index (χ0n) is 15.9. The van der Waals surface area contributed by atoms with Gasteiger partial charge in [-0.3, -0.25) is 0 Å². The highest BCUT2D eigenvalue weighted by molar-refractivity contribution is 9.10. The Hall–Kier alpha value is -2.25. The number of aromatic nitrogens is 1. The fraction of sp³-hybridized carbons (Fsp3) is 0.286. The second-order valence-corrected chi connectivity index (χ2v) is 8.08. The Morgan fingerprint density at radius 2 is 2.07 bits per heavy atom. The minimum absolute atomic E-state index is 0.297. The molecule has 1 aliphatic heterocycles. The van der Waals surface area contributed by atoms with Gasteiger partial charge in [-0.05, 0) is 58.4 Å². The van der Waals surface area contributed by atoms with Gasteiger partial charge in [-0.25, -0.2) is 4.79 Å². The lowest BCUT2D eigenvalue weighted by atomic mass is 9.95. The van der Waals surface area contributed by atoms with Gasteiger partial charge in [0, 0.05) is 22.5 Å². The molecule has 3 aromatic rings. The molecule has 0 N–H and O–H groups in total. The van der Waals surface area contributed by atoms with Crippen molar-refractivity contribution in [3.63, 3.8) is 0 Å². The number of esters is 1. The molecule has 1 aliphatic rings. The van der Waals surface area contributed by atoms with Crippen molar-refractivity contribution in [2.45, 2.75) is 19.9 Å². The van der Waals surface area contributed by atoms with Gasteiger partial charge in [-0.1, -0.05) is 6.07 Å². The van der Waals surface area contributed by atoms with Crippen molar-refractivity contribution in [1.82, 2.24) is 4.57 Å². The number of benzene rings is 1. The molecule has 146 valence electrons. The first kappa shape index (κ1) is 19.1. The molecular formula is C21H20BrNO4S. The van der Waals surface area contributed by atoms with Crippen molar-refractivity contribution in [1.29, 1.82) is 0 Å². The molecule has 0 saturated carbocycles. The number of nitrogens with zero attached hydrogens (tertiary/aromatic N) is 1. The third kappa shape index (κ3) is 2.93. The molecule has 1 aromatic carbocycles. The summed E-state index contributed by atoms with van der Waals surface area (Å²) in [5.74, 6) is 1.04. The standard InChI is InChI=1S/C21H20BrNO4S/c1-4-27-21(24)15-10-14(17-6-5-9-28-17)19-13-11-16(25-2)20(26-3)18(22)12(13)7-8-23(15)19/h5-6,9-11H,4,7-8H2,1-3H3. The van der Waals surface area contributed by atoms with E-state index < -0.39 is 0 Å². The molecule has 0 radical (unpaired) electrons. The predicted molar refractivity (Wildman–Crippen MR) is 114 cm³/mol. The van der Waals surface area contributed by atoms with E-state index >= 15 is 0 Å². The normalized spacial score (nSPS) is 12.3. The predicted octanol–water partition coefficient (Wildman–Crippen LogP) is 5.40. The number of carbonyl (C=O) groups excluding carboxylic acids is 1. The maximum absolute atomic E-state index is 12.6. The molecule has 0 saturated heterocycles. The first-order chi connectivity index (χ1) is 13.6. The van der Waals surface area contributed by atoms with E-state index in [1.54, 1.807) is 25.6 Å². The quantitative estimate of drug-likeness (QED) is 0.477. The average molecular weight is 462 g/mol. The Kier molecular flexibility index (Phi) is 5.21. The number of rotatable bonds is 5. The van der Waals surface area contributed by atoms with Gasteiger partial charge >= 0.3 is 5.97 Å². The fourth-order valence-corrected chi connectivity index (χ4v) is 5.25. The van der Waals surface area contributed by atoms with Crippen LogP contribution in [0.15, 0.2) is 34.1 Å². The van der Waals surface area contributed by atoms with Crippen LogP contribution < -0.4 is 9.47 Å². The Balaban J connectivity index is 2.01. The number of halogens is 1. The number of methoxy groups -OCH3 is 2. The van der Waals surface area contributed by atoms with Crippen LogP contribution in [-0.4, -0.2) is 31.4 Å². The summed E-state index contributed by atoms with van der Waals surface area (Å²) in [4.78, 5) is 13.7. The lowest BCUT2D eigenvalue weighted by Crippen LogP contribution is -2.18. The van der Waals surface area contributed by atoms with Gasteiger partial charge < -0.3 is 18.8 Å². The maximum Gasteiger partial charge on any atom is 0.354 e. The summed E-state index contributed by atoms with van der Waals surface area (Å²) in [6.45, 7) is 2.86. The molecule has 0 aliphatic carbocycles. The summed E-state index contributed by atoms with van der Waals surface area (Å²) in [5, 5.41) is 2.04.